The lowest BCUT2D eigenvalue weighted by Crippen LogP contribution is -2.37. The minimum absolute atomic E-state index is 0.0662. The molecule has 8 nitrogen and oxygen atoms in total. The Morgan fingerprint density at radius 2 is 2.32 bits per heavy atom. The fourth-order valence-corrected chi connectivity index (χ4v) is 4.15. The van der Waals surface area contributed by atoms with Crippen LogP contribution >= 0.6 is 11.3 Å². The van der Waals surface area contributed by atoms with Crippen molar-refractivity contribution in [2.45, 2.75) is 12.6 Å². The molecule has 0 saturated carbocycles. The highest BCUT2D eigenvalue weighted by Gasteiger charge is 2.33. The number of ether oxygens (including phenoxy) is 1. The monoisotopic (exact) mass is 399 g/mol. The van der Waals surface area contributed by atoms with E-state index in [9.17, 15) is 9.59 Å². The van der Waals surface area contributed by atoms with Gasteiger partial charge in [-0.05, 0) is 29.1 Å². The van der Waals surface area contributed by atoms with Gasteiger partial charge in [-0.1, -0.05) is 12.1 Å². The number of rotatable bonds is 6. The number of benzene rings is 1. The third kappa shape index (κ3) is 3.64. The summed E-state index contributed by atoms with van der Waals surface area (Å²) < 4.78 is 7.44. The van der Waals surface area contributed by atoms with Gasteiger partial charge in [0.05, 0.1) is 30.9 Å². The summed E-state index contributed by atoms with van der Waals surface area (Å²) in [6.07, 6.45) is 1.53. The van der Waals surface area contributed by atoms with Crippen LogP contribution in [0.2, 0.25) is 0 Å². The van der Waals surface area contributed by atoms with Crippen molar-refractivity contribution >= 4 is 27.5 Å². The van der Waals surface area contributed by atoms with E-state index in [4.69, 9.17) is 4.74 Å². The molecular weight excluding hydrogens is 378 g/mol. The van der Waals surface area contributed by atoms with Gasteiger partial charge in [0.25, 0.3) is 5.56 Å². The predicted octanol–water partition coefficient (Wildman–Crippen LogP) is 1.05. The van der Waals surface area contributed by atoms with Crippen LogP contribution in [-0.2, 0) is 11.3 Å². The number of hydrogen-bond acceptors (Lipinski definition) is 7. The molecule has 0 aliphatic carbocycles. The van der Waals surface area contributed by atoms with Crippen molar-refractivity contribution in [2.24, 2.45) is 5.92 Å². The number of methoxy groups -OCH3 is 1. The molecule has 1 amide bonds. The van der Waals surface area contributed by atoms with E-state index in [0.717, 1.165) is 11.3 Å². The fraction of sp³-hybridized carbons (Fsp3) is 0.316. The molecule has 2 aromatic heterocycles. The van der Waals surface area contributed by atoms with Gasteiger partial charge in [0.2, 0.25) is 5.91 Å². The number of hydrazine groups is 1. The summed E-state index contributed by atoms with van der Waals surface area (Å²) in [6.45, 7) is 1.26. The molecule has 9 heteroatoms. The molecule has 4 rings (SSSR count). The van der Waals surface area contributed by atoms with Gasteiger partial charge in [-0.25, -0.2) is 10.4 Å². The normalized spacial score (nSPS) is 19.0. The first-order chi connectivity index (χ1) is 13.7. The highest BCUT2D eigenvalue weighted by Crippen LogP contribution is 2.27. The van der Waals surface area contributed by atoms with Gasteiger partial charge in [0.15, 0.2) is 0 Å². The minimum Gasteiger partial charge on any atom is -0.497 e. The Kier molecular flexibility index (Phi) is 5.38. The number of hydrogen-bond donors (Lipinski definition) is 3. The molecule has 0 radical (unpaired) electrons. The van der Waals surface area contributed by atoms with Gasteiger partial charge in [0, 0.05) is 19.6 Å². The molecule has 1 fully saturated rings. The van der Waals surface area contributed by atoms with Crippen molar-refractivity contribution in [3.63, 3.8) is 0 Å². The van der Waals surface area contributed by atoms with Crippen molar-refractivity contribution in [3.8, 4) is 5.75 Å². The first-order valence-corrected chi connectivity index (χ1v) is 9.88. The molecule has 28 heavy (non-hydrogen) atoms. The number of nitrogens with zero attached hydrogens (tertiary/aromatic N) is 2. The van der Waals surface area contributed by atoms with E-state index < -0.39 is 0 Å². The molecule has 3 aromatic rings. The second-order valence-electron chi connectivity index (χ2n) is 6.56. The van der Waals surface area contributed by atoms with Crippen molar-refractivity contribution in [1.29, 1.82) is 0 Å². The van der Waals surface area contributed by atoms with Gasteiger partial charge in [-0.3, -0.25) is 19.6 Å². The maximum atomic E-state index is 12.7. The molecule has 1 aromatic carbocycles. The first kappa shape index (κ1) is 18.6. The van der Waals surface area contributed by atoms with Crippen LogP contribution in [0.4, 0.5) is 0 Å². The summed E-state index contributed by atoms with van der Waals surface area (Å²) in [5, 5.41) is 4.79. The lowest BCUT2D eigenvalue weighted by Gasteiger charge is -2.19. The largest absolute Gasteiger partial charge is 0.497 e. The zero-order valence-corrected chi connectivity index (χ0v) is 16.2. The summed E-state index contributed by atoms with van der Waals surface area (Å²) >= 11 is 1.38. The molecule has 2 atom stereocenters. The van der Waals surface area contributed by atoms with Gasteiger partial charge in [0.1, 0.15) is 10.4 Å². The molecule has 3 heterocycles. The maximum Gasteiger partial charge on any atom is 0.271 e. The zero-order chi connectivity index (χ0) is 19.5. The quantitative estimate of drug-likeness (QED) is 0.573. The molecular formula is C19H21N5O3S. The average Bonchev–Trinajstić information content (AvgIpc) is 3.39. The highest BCUT2D eigenvalue weighted by molar-refractivity contribution is 7.17. The molecule has 0 bridgehead atoms. The number of fused-ring (bicyclic) bond motifs is 1. The van der Waals surface area contributed by atoms with Crippen molar-refractivity contribution in [1.82, 2.24) is 25.7 Å². The van der Waals surface area contributed by atoms with Gasteiger partial charge >= 0.3 is 0 Å². The van der Waals surface area contributed by atoms with E-state index in [1.54, 1.807) is 7.11 Å². The number of nitrogens with one attached hydrogen (secondary N) is 3. The molecule has 2 unspecified atom stereocenters. The number of carbonyl (C=O) groups is 1. The van der Waals surface area contributed by atoms with Crippen LogP contribution in [0.3, 0.4) is 0 Å². The van der Waals surface area contributed by atoms with Crippen LogP contribution < -0.4 is 26.5 Å². The zero-order valence-electron chi connectivity index (χ0n) is 15.3. The number of thiophene rings is 1. The molecule has 1 saturated heterocycles. The van der Waals surface area contributed by atoms with Crippen molar-refractivity contribution < 1.29 is 9.53 Å². The Morgan fingerprint density at radius 3 is 3.18 bits per heavy atom. The number of carbonyl (C=O) groups excluding carboxylic acids is 1. The Balaban J connectivity index is 1.39. The predicted molar refractivity (Wildman–Crippen MR) is 107 cm³/mol. The van der Waals surface area contributed by atoms with Crippen molar-refractivity contribution in [3.05, 3.63) is 58.0 Å². The third-order valence-corrected chi connectivity index (χ3v) is 5.75. The van der Waals surface area contributed by atoms with Crippen LogP contribution in [0.15, 0.2) is 46.8 Å². The van der Waals surface area contributed by atoms with Crippen LogP contribution in [-0.4, -0.2) is 35.7 Å². The van der Waals surface area contributed by atoms with E-state index in [1.165, 1.54) is 22.2 Å². The van der Waals surface area contributed by atoms with Gasteiger partial charge in [-0.2, -0.15) is 0 Å². The molecule has 0 spiro atoms. The number of amides is 1. The summed E-state index contributed by atoms with van der Waals surface area (Å²) in [5.41, 5.74) is 7.83. The van der Waals surface area contributed by atoms with Crippen LogP contribution in [0.25, 0.3) is 10.2 Å². The topological polar surface area (TPSA) is 97.3 Å². The van der Waals surface area contributed by atoms with Crippen molar-refractivity contribution in [2.75, 3.05) is 20.2 Å². The van der Waals surface area contributed by atoms with Crippen LogP contribution in [0.5, 0.6) is 5.75 Å². The lowest BCUT2D eigenvalue weighted by atomic mass is 9.94. The second-order valence-corrected chi connectivity index (χ2v) is 7.47. The van der Waals surface area contributed by atoms with Crippen LogP contribution in [0, 0.1) is 5.92 Å². The Hall–Kier alpha value is -2.75. The second kappa shape index (κ2) is 8.09. The van der Waals surface area contributed by atoms with E-state index in [2.05, 4.69) is 21.2 Å². The van der Waals surface area contributed by atoms with E-state index >= 15 is 0 Å². The molecule has 1 aliphatic heterocycles. The minimum atomic E-state index is -0.262. The summed E-state index contributed by atoms with van der Waals surface area (Å²) in [4.78, 5) is 29.4. The maximum absolute atomic E-state index is 12.7. The first-order valence-electron chi connectivity index (χ1n) is 9.00. The smallest absolute Gasteiger partial charge is 0.271 e. The SMILES string of the molecule is COc1cccc(C2NNCC2C(=O)NCCn2cnc3ccsc3c2=O)c1. The molecule has 1 aliphatic rings. The highest BCUT2D eigenvalue weighted by atomic mass is 32.1. The average molecular weight is 399 g/mol. The number of aromatic nitrogens is 2. The van der Waals surface area contributed by atoms with Crippen LogP contribution in [0.1, 0.15) is 11.6 Å². The molecule has 146 valence electrons. The standard InChI is InChI=1S/C19H21N5O3S/c1-27-13-4-2-3-12(9-13)16-14(10-22-23-16)18(25)20-6-7-24-11-21-15-5-8-28-17(15)19(24)26/h2-5,8-9,11,14,16,22-23H,6-7,10H2,1H3,(H,20,25). The van der Waals surface area contributed by atoms with Gasteiger partial charge in [-0.15, -0.1) is 11.3 Å². The summed E-state index contributed by atoms with van der Waals surface area (Å²) in [5.74, 6) is 0.423. The van der Waals surface area contributed by atoms with Gasteiger partial charge < -0.3 is 10.1 Å². The Bertz CT molecular complexity index is 1050. The van der Waals surface area contributed by atoms with E-state index in [1.807, 2.05) is 35.7 Å². The Labute approximate surface area is 165 Å². The fourth-order valence-electron chi connectivity index (χ4n) is 3.36. The summed E-state index contributed by atoms with van der Waals surface area (Å²) in [6, 6.07) is 9.34. The third-order valence-electron chi connectivity index (χ3n) is 4.86. The Morgan fingerprint density at radius 1 is 1.43 bits per heavy atom. The molecule has 3 N–H and O–H groups in total. The van der Waals surface area contributed by atoms with E-state index in [-0.39, 0.29) is 23.4 Å². The van der Waals surface area contributed by atoms with E-state index in [0.29, 0.717) is 29.9 Å². The lowest BCUT2D eigenvalue weighted by molar-refractivity contribution is -0.124. The summed E-state index contributed by atoms with van der Waals surface area (Å²) in [7, 11) is 1.62.